The normalized spacial score (nSPS) is 14.7. The molecule has 13 aromatic rings. The van der Waals surface area contributed by atoms with Crippen LogP contribution in [0.3, 0.4) is 0 Å². The van der Waals surface area contributed by atoms with Gasteiger partial charge in [0.15, 0.2) is 0 Å². The van der Waals surface area contributed by atoms with E-state index in [2.05, 4.69) is 314 Å². The molecule has 0 atom stereocenters. The second-order valence-electron chi connectivity index (χ2n) is 22.8. The fourth-order valence-electron chi connectivity index (χ4n) is 16.1. The zero-order valence-electron chi connectivity index (χ0n) is 45.7. The van der Waals surface area contributed by atoms with Crippen molar-refractivity contribution in [2.24, 2.45) is 0 Å². The average molecular weight is 1070 g/mol. The Balaban J connectivity index is 0.954. The second kappa shape index (κ2) is 17.6. The number of hydrogen-bond acceptors (Lipinski definition) is 3. The van der Waals surface area contributed by atoms with Gasteiger partial charge in [-0.2, -0.15) is 0 Å². The first-order valence-corrected chi connectivity index (χ1v) is 29.2. The zero-order valence-corrected chi connectivity index (χ0v) is 45.7. The van der Waals surface area contributed by atoms with Crippen LogP contribution >= 0.6 is 0 Å². The largest absolute Gasteiger partial charge is 0.457 e. The maximum Gasteiger partial charge on any atom is 0.132 e. The number of ether oxygens (including phenoxy) is 2. The van der Waals surface area contributed by atoms with Crippen molar-refractivity contribution in [1.82, 2.24) is 0 Å². The number of rotatable bonds is 6. The van der Waals surface area contributed by atoms with Crippen molar-refractivity contribution in [1.29, 1.82) is 0 Å². The summed E-state index contributed by atoms with van der Waals surface area (Å²) in [5, 5.41) is 0. The average Bonchev–Trinajstić information content (AvgIpc) is 1.96. The van der Waals surface area contributed by atoms with Crippen LogP contribution in [-0.4, -0.2) is 0 Å². The first kappa shape index (κ1) is 47.0. The Morgan fingerprint density at radius 3 is 1.05 bits per heavy atom. The third kappa shape index (κ3) is 5.99. The number of fused-ring (bicyclic) bond motifs is 21. The second-order valence-corrected chi connectivity index (χ2v) is 22.8. The Hall–Kier alpha value is -10.7. The van der Waals surface area contributed by atoms with E-state index in [1.54, 1.807) is 0 Å². The molecule has 0 bridgehead atoms. The van der Waals surface area contributed by atoms with Crippen molar-refractivity contribution >= 4 is 17.1 Å². The molecule has 0 amide bonds. The Morgan fingerprint density at radius 1 is 0.214 bits per heavy atom. The van der Waals surface area contributed by atoms with E-state index in [1.165, 1.54) is 77.9 Å². The topological polar surface area (TPSA) is 21.7 Å². The summed E-state index contributed by atoms with van der Waals surface area (Å²) < 4.78 is 13.7. The van der Waals surface area contributed by atoms with Crippen molar-refractivity contribution in [3.05, 3.63) is 376 Å². The number of para-hydroxylation sites is 5. The summed E-state index contributed by atoms with van der Waals surface area (Å²) in [5.41, 5.74) is 25.3. The SMILES string of the molecule is c1ccc(C2(c3ccccc3)c3ccccc3-c3c(N(c4ccccc4-c4ccc5c(c4)C4(c6ccccc6Oc6ccccc64)c4ccccc4-5)c4cccc5c4-c4ccccc4C54c5ccccc5Oc5ccccc54)cccc32)cc1. The van der Waals surface area contributed by atoms with Gasteiger partial charge in [0.25, 0.3) is 0 Å². The molecule has 0 radical (unpaired) electrons. The van der Waals surface area contributed by atoms with E-state index >= 15 is 0 Å². The molecular formula is C81H51NO2. The minimum Gasteiger partial charge on any atom is -0.457 e. The van der Waals surface area contributed by atoms with Gasteiger partial charge in [0.2, 0.25) is 0 Å². The molecular weight excluding hydrogens is 1020 g/mol. The Kier molecular flexibility index (Phi) is 9.86. The van der Waals surface area contributed by atoms with Gasteiger partial charge >= 0.3 is 0 Å². The molecule has 18 rings (SSSR count). The highest BCUT2D eigenvalue weighted by Crippen LogP contribution is 2.67. The Morgan fingerprint density at radius 2 is 0.548 bits per heavy atom. The molecule has 2 heterocycles. The third-order valence-electron chi connectivity index (χ3n) is 19.1. The van der Waals surface area contributed by atoms with E-state index in [1.807, 2.05) is 0 Å². The highest BCUT2D eigenvalue weighted by atomic mass is 16.5. The van der Waals surface area contributed by atoms with Crippen LogP contribution < -0.4 is 14.4 Å². The Labute approximate surface area is 488 Å². The lowest BCUT2D eigenvalue weighted by Crippen LogP contribution is -2.32. The molecule has 3 nitrogen and oxygen atoms in total. The number of nitrogens with zero attached hydrogens (tertiary/aromatic N) is 1. The third-order valence-corrected chi connectivity index (χ3v) is 19.1. The van der Waals surface area contributed by atoms with Gasteiger partial charge in [-0.05, 0) is 121 Å². The minimum absolute atomic E-state index is 0.625. The maximum absolute atomic E-state index is 6.87. The fourth-order valence-corrected chi connectivity index (χ4v) is 16.1. The number of benzene rings is 13. The first-order valence-electron chi connectivity index (χ1n) is 29.2. The molecule has 0 fully saturated rings. The van der Waals surface area contributed by atoms with Gasteiger partial charge in [-0.25, -0.2) is 0 Å². The number of hydrogen-bond donors (Lipinski definition) is 0. The van der Waals surface area contributed by atoms with Crippen LogP contribution in [0.25, 0.3) is 44.5 Å². The lowest BCUT2D eigenvalue weighted by Gasteiger charge is -2.39. The van der Waals surface area contributed by atoms with Crippen LogP contribution in [0.5, 0.6) is 23.0 Å². The molecule has 3 aliphatic carbocycles. The van der Waals surface area contributed by atoms with E-state index in [4.69, 9.17) is 9.47 Å². The van der Waals surface area contributed by atoms with Crippen molar-refractivity contribution in [2.45, 2.75) is 16.2 Å². The highest BCUT2D eigenvalue weighted by Gasteiger charge is 2.54. The van der Waals surface area contributed by atoms with Crippen molar-refractivity contribution in [2.75, 3.05) is 4.90 Å². The van der Waals surface area contributed by atoms with Crippen molar-refractivity contribution in [3.8, 4) is 67.5 Å². The van der Waals surface area contributed by atoms with E-state index < -0.39 is 16.2 Å². The van der Waals surface area contributed by atoms with Crippen LogP contribution in [0.1, 0.15) is 66.8 Å². The molecule has 3 heteroatoms. The molecule has 0 saturated heterocycles. The van der Waals surface area contributed by atoms with Gasteiger partial charge in [0.05, 0.1) is 33.3 Å². The molecule has 0 N–H and O–H groups in total. The first-order chi connectivity index (χ1) is 41.7. The standard InChI is InChI=1S/C81H51NO2/c1-3-25-53(26-4-1)79(54-27-5-2-6-28-54)61-34-12-8-31-58(61)77-67(79)40-23-43-71(77)82(72-44-24-41-68-78(72)59-32-9-13-35-62(59)80(68)63-36-14-19-45-73(63)83-74-46-20-15-37-64(74)80)70-42-18-10-29-55(70)52-49-50-57-56-30-7-11-33-60(56)81(69(57)51-52)65-38-16-21-47-75(65)84-76-48-22-17-39-66(76)81/h1-51H. The molecule has 2 spiro atoms. The highest BCUT2D eigenvalue weighted by molar-refractivity contribution is 6.05. The maximum atomic E-state index is 6.87. The summed E-state index contributed by atoms with van der Waals surface area (Å²) in [6.45, 7) is 0. The molecule has 5 aliphatic rings. The molecule has 2 aliphatic heterocycles. The molecule has 0 aromatic heterocycles. The van der Waals surface area contributed by atoms with Crippen LogP contribution in [0.2, 0.25) is 0 Å². The van der Waals surface area contributed by atoms with Gasteiger partial charge in [0, 0.05) is 38.9 Å². The summed E-state index contributed by atoms with van der Waals surface area (Å²) in [6.07, 6.45) is 0. The molecule has 392 valence electrons. The van der Waals surface area contributed by atoms with Crippen LogP contribution in [0, 0.1) is 0 Å². The summed E-state index contributed by atoms with van der Waals surface area (Å²) in [4.78, 5) is 2.62. The summed E-state index contributed by atoms with van der Waals surface area (Å²) in [7, 11) is 0. The summed E-state index contributed by atoms with van der Waals surface area (Å²) in [5.74, 6) is 3.49. The lowest BCUT2D eigenvalue weighted by molar-refractivity contribution is 0.436. The van der Waals surface area contributed by atoms with Crippen molar-refractivity contribution < 1.29 is 9.47 Å². The zero-order chi connectivity index (χ0) is 55.1. The molecule has 13 aromatic carbocycles. The van der Waals surface area contributed by atoms with E-state index in [0.717, 1.165) is 73.4 Å². The van der Waals surface area contributed by atoms with Crippen molar-refractivity contribution in [3.63, 3.8) is 0 Å². The van der Waals surface area contributed by atoms with Crippen LogP contribution in [0.15, 0.2) is 309 Å². The predicted octanol–water partition coefficient (Wildman–Crippen LogP) is 20.1. The minimum atomic E-state index is -0.681. The molecule has 0 unspecified atom stereocenters. The van der Waals surface area contributed by atoms with E-state index in [-0.39, 0.29) is 0 Å². The summed E-state index contributed by atoms with van der Waals surface area (Å²) in [6, 6.07) is 115. The van der Waals surface area contributed by atoms with Crippen LogP contribution in [-0.2, 0) is 16.2 Å². The van der Waals surface area contributed by atoms with E-state index in [9.17, 15) is 0 Å². The predicted molar refractivity (Wildman–Crippen MR) is 339 cm³/mol. The summed E-state index contributed by atoms with van der Waals surface area (Å²) >= 11 is 0. The Bertz CT molecular complexity index is 4750. The fraction of sp³-hybridized carbons (Fsp3) is 0.0370. The van der Waals surface area contributed by atoms with Crippen LogP contribution in [0.4, 0.5) is 17.1 Å². The number of anilines is 3. The monoisotopic (exact) mass is 1070 g/mol. The van der Waals surface area contributed by atoms with Gasteiger partial charge in [-0.15, -0.1) is 0 Å². The van der Waals surface area contributed by atoms with Gasteiger partial charge in [-0.1, -0.05) is 261 Å². The quantitative estimate of drug-likeness (QED) is 0.166. The smallest absolute Gasteiger partial charge is 0.132 e. The van der Waals surface area contributed by atoms with Gasteiger partial charge < -0.3 is 14.4 Å². The molecule has 84 heavy (non-hydrogen) atoms. The van der Waals surface area contributed by atoms with E-state index in [0.29, 0.717) is 0 Å². The lowest BCUT2D eigenvalue weighted by atomic mass is 9.66. The van der Waals surface area contributed by atoms with Gasteiger partial charge in [-0.3, -0.25) is 0 Å². The molecule has 0 saturated carbocycles. The van der Waals surface area contributed by atoms with Gasteiger partial charge in [0.1, 0.15) is 23.0 Å².